The first-order valence-electron chi connectivity index (χ1n) is 9.99. The van der Waals surface area contributed by atoms with E-state index < -0.39 is 0 Å². The molecule has 0 atom stereocenters. The highest BCUT2D eigenvalue weighted by atomic mass is 16.5. The van der Waals surface area contributed by atoms with Crippen molar-refractivity contribution in [1.29, 1.82) is 0 Å². The van der Waals surface area contributed by atoms with Gasteiger partial charge in [0, 0.05) is 43.7 Å². The Morgan fingerprint density at radius 1 is 1.00 bits per heavy atom. The monoisotopic (exact) mass is 332 g/mol. The smallest absolute Gasteiger partial charge is 0.109 e. The number of aromatic amines is 1. The third-order valence-corrected chi connectivity index (χ3v) is 6.04. The van der Waals surface area contributed by atoms with E-state index in [1.165, 1.54) is 62.5 Å². The molecular weight excluding hydrogens is 300 g/mol. The number of hydrogen-bond donors (Lipinski definition) is 2. The Labute approximate surface area is 145 Å². The maximum Gasteiger partial charge on any atom is 0.109 e. The number of hydrogen-bond acceptors (Lipinski definition) is 4. The van der Waals surface area contributed by atoms with Crippen molar-refractivity contribution < 1.29 is 4.74 Å². The quantitative estimate of drug-likeness (QED) is 0.869. The summed E-state index contributed by atoms with van der Waals surface area (Å²) in [6, 6.07) is 0. The molecule has 0 aromatic carbocycles. The molecule has 0 unspecified atom stereocenters. The van der Waals surface area contributed by atoms with Gasteiger partial charge in [-0.2, -0.15) is 0 Å². The van der Waals surface area contributed by atoms with E-state index in [2.05, 4.69) is 15.2 Å². The van der Waals surface area contributed by atoms with Gasteiger partial charge in [-0.25, -0.2) is 4.98 Å². The SMILES string of the molecule is C1CCN(CCc2[nH]c(C3CCNCC3)nc2C2CCOCC2)C1. The number of imidazole rings is 1. The molecule has 0 amide bonds. The maximum absolute atomic E-state index is 5.57. The zero-order valence-electron chi connectivity index (χ0n) is 14.9. The van der Waals surface area contributed by atoms with E-state index in [0.29, 0.717) is 11.8 Å². The number of aromatic nitrogens is 2. The average Bonchev–Trinajstić information content (AvgIpc) is 3.31. The van der Waals surface area contributed by atoms with Crippen molar-refractivity contribution in [2.75, 3.05) is 45.9 Å². The van der Waals surface area contributed by atoms with Crippen LogP contribution in [-0.4, -0.2) is 60.8 Å². The fraction of sp³-hybridized carbons (Fsp3) is 0.842. The third-order valence-electron chi connectivity index (χ3n) is 6.04. The summed E-state index contributed by atoms with van der Waals surface area (Å²) in [6.45, 7) is 7.79. The van der Waals surface area contributed by atoms with Gasteiger partial charge >= 0.3 is 0 Å². The lowest BCUT2D eigenvalue weighted by molar-refractivity contribution is 0.0843. The van der Waals surface area contributed by atoms with Crippen LogP contribution in [0.2, 0.25) is 0 Å². The van der Waals surface area contributed by atoms with Crippen molar-refractivity contribution in [3.8, 4) is 0 Å². The van der Waals surface area contributed by atoms with Gasteiger partial charge < -0.3 is 19.9 Å². The molecule has 3 saturated heterocycles. The Hall–Kier alpha value is -0.910. The summed E-state index contributed by atoms with van der Waals surface area (Å²) in [4.78, 5) is 11.5. The standard InChI is InChI=1S/C19H32N4O/c1-2-11-23(10-1)12-5-17-18(15-6-13-24-14-7-15)22-19(21-17)16-3-8-20-9-4-16/h15-16,20H,1-14H2,(H,21,22). The van der Waals surface area contributed by atoms with Crippen LogP contribution in [0.15, 0.2) is 0 Å². The van der Waals surface area contributed by atoms with Gasteiger partial charge in [0.05, 0.1) is 5.69 Å². The van der Waals surface area contributed by atoms with Crippen molar-refractivity contribution in [2.24, 2.45) is 0 Å². The maximum atomic E-state index is 5.57. The van der Waals surface area contributed by atoms with E-state index in [0.717, 1.165) is 45.6 Å². The molecule has 24 heavy (non-hydrogen) atoms. The van der Waals surface area contributed by atoms with Crippen molar-refractivity contribution in [2.45, 2.75) is 56.8 Å². The van der Waals surface area contributed by atoms with Crippen molar-refractivity contribution in [3.63, 3.8) is 0 Å². The lowest BCUT2D eigenvalue weighted by atomic mass is 9.94. The van der Waals surface area contributed by atoms with Crippen LogP contribution in [0.3, 0.4) is 0 Å². The number of likely N-dealkylation sites (tertiary alicyclic amines) is 1. The number of rotatable bonds is 5. The first-order valence-corrected chi connectivity index (χ1v) is 9.99. The average molecular weight is 332 g/mol. The number of ether oxygens (including phenoxy) is 1. The molecule has 0 saturated carbocycles. The van der Waals surface area contributed by atoms with Crippen LogP contribution in [0.4, 0.5) is 0 Å². The van der Waals surface area contributed by atoms with Crippen LogP contribution in [0.25, 0.3) is 0 Å². The minimum Gasteiger partial charge on any atom is -0.381 e. The number of H-pyrrole nitrogens is 1. The molecule has 0 aliphatic carbocycles. The molecular formula is C19H32N4O. The van der Waals surface area contributed by atoms with E-state index in [4.69, 9.17) is 9.72 Å². The number of nitrogens with one attached hydrogen (secondary N) is 2. The van der Waals surface area contributed by atoms with Gasteiger partial charge in [-0.15, -0.1) is 0 Å². The van der Waals surface area contributed by atoms with Crippen LogP contribution in [0, 0.1) is 0 Å². The summed E-state index contributed by atoms with van der Waals surface area (Å²) in [5, 5.41) is 3.47. The molecule has 4 rings (SSSR count). The summed E-state index contributed by atoms with van der Waals surface area (Å²) < 4.78 is 5.57. The summed E-state index contributed by atoms with van der Waals surface area (Å²) in [5.74, 6) is 2.47. The fourth-order valence-electron chi connectivity index (χ4n) is 4.51. The molecule has 4 heterocycles. The summed E-state index contributed by atoms with van der Waals surface area (Å²) in [5.41, 5.74) is 2.79. The molecule has 1 aromatic rings. The van der Waals surface area contributed by atoms with Gasteiger partial charge in [-0.05, 0) is 64.7 Å². The van der Waals surface area contributed by atoms with Gasteiger partial charge in [-0.3, -0.25) is 0 Å². The van der Waals surface area contributed by atoms with Crippen molar-refractivity contribution in [3.05, 3.63) is 17.2 Å². The highest BCUT2D eigenvalue weighted by Gasteiger charge is 2.26. The second-order valence-corrected chi connectivity index (χ2v) is 7.70. The molecule has 134 valence electrons. The van der Waals surface area contributed by atoms with Crippen LogP contribution in [0.1, 0.15) is 67.6 Å². The second-order valence-electron chi connectivity index (χ2n) is 7.70. The lowest BCUT2D eigenvalue weighted by Crippen LogP contribution is -2.27. The van der Waals surface area contributed by atoms with E-state index in [1.807, 2.05) is 0 Å². The Morgan fingerprint density at radius 2 is 1.75 bits per heavy atom. The first kappa shape index (κ1) is 16.6. The topological polar surface area (TPSA) is 53.2 Å². The number of piperidine rings is 1. The normalized spacial score (nSPS) is 24.7. The molecule has 0 radical (unpaired) electrons. The Kier molecular flexibility index (Phi) is 5.50. The molecule has 0 bridgehead atoms. The fourth-order valence-corrected chi connectivity index (χ4v) is 4.51. The van der Waals surface area contributed by atoms with Gasteiger partial charge in [0.1, 0.15) is 5.82 Å². The van der Waals surface area contributed by atoms with Gasteiger partial charge in [-0.1, -0.05) is 0 Å². The predicted molar refractivity (Wildman–Crippen MR) is 95.6 cm³/mol. The molecule has 3 fully saturated rings. The first-order chi connectivity index (χ1) is 11.9. The molecule has 0 spiro atoms. The molecule has 3 aliphatic rings. The van der Waals surface area contributed by atoms with Crippen LogP contribution >= 0.6 is 0 Å². The zero-order chi connectivity index (χ0) is 16.2. The summed E-state index contributed by atoms with van der Waals surface area (Å²) >= 11 is 0. The van der Waals surface area contributed by atoms with Crippen molar-refractivity contribution >= 4 is 0 Å². The Morgan fingerprint density at radius 3 is 2.50 bits per heavy atom. The van der Waals surface area contributed by atoms with Gasteiger partial charge in [0.25, 0.3) is 0 Å². The van der Waals surface area contributed by atoms with Gasteiger partial charge in [0.15, 0.2) is 0 Å². The van der Waals surface area contributed by atoms with E-state index in [1.54, 1.807) is 0 Å². The minimum absolute atomic E-state index is 0.596. The Balaban J connectivity index is 1.50. The highest BCUT2D eigenvalue weighted by molar-refractivity contribution is 5.22. The third kappa shape index (κ3) is 3.84. The lowest BCUT2D eigenvalue weighted by Gasteiger charge is -2.22. The molecule has 5 nitrogen and oxygen atoms in total. The van der Waals surface area contributed by atoms with Crippen molar-refractivity contribution in [1.82, 2.24) is 20.2 Å². The van der Waals surface area contributed by atoms with Crippen LogP contribution in [0.5, 0.6) is 0 Å². The second kappa shape index (κ2) is 7.98. The minimum atomic E-state index is 0.596. The van der Waals surface area contributed by atoms with E-state index in [9.17, 15) is 0 Å². The molecule has 1 aromatic heterocycles. The van der Waals surface area contributed by atoms with Crippen LogP contribution < -0.4 is 5.32 Å². The van der Waals surface area contributed by atoms with E-state index in [-0.39, 0.29) is 0 Å². The zero-order valence-corrected chi connectivity index (χ0v) is 14.9. The Bertz CT molecular complexity index is 511. The van der Waals surface area contributed by atoms with Crippen LogP contribution in [-0.2, 0) is 11.2 Å². The summed E-state index contributed by atoms with van der Waals surface area (Å²) in [7, 11) is 0. The molecule has 5 heteroatoms. The van der Waals surface area contributed by atoms with E-state index >= 15 is 0 Å². The highest BCUT2D eigenvalue weighted by Crippen LogP contribution is 2.32. The summed E-state index contributed by atoms with van der Waals surface area (Å²) in [6.07, 6.45) is 8.57. The predicted octanol–water partition coefficient (Wildman–Crippen LogP) is 2.41. The molecule has 2 N–H and O–H groups in total. The van der Waals surface area contributed by atoms with Gasteiger partial charge in [0.2, 0.25) is 0 Å². The largest absolute Gasteiger partial charge is 0.381 e. The molecule has 3 aliphatic heterocycles. The number of nitrogens with zero attached hydrogens (tertiary/aromatic N) is 2.